The van der Waals surface area contributed by atoms with Crippen LogP contribution in [0, 0.1) is 5.92 Å². The zero-order valence-electron chi connectivity index (χ0n) is 8.20. The van der Waals surface area contributed by atoms with Gasteiger partial charge >= 0.3 is 0 Å². The van der Waals surface area contributed by atoms with Crippen LogP contribution in [0.3, 0.4) is 0 Å². The number of aliphatic hydroxyl groups is 1. The molecule has 1 N–H and O–H groups in total. The van der Waals surface area contributed by atoms with Gasteiger partial charge in [0, 0.05) is 11.2 Å². The number of thiocarbonyl (C=S) groups is 1. The number of hydrogen-bond donors (Lipinski definition) is 1. The number of thioether (sulfide) groups is 1. The third-order valence-corrected chi connectivity index (χ3v) is 3.46. The van der Waals surface area contributed by atoms with Crippen LogP contribution in [-0.4, -0.2) is 20.7 Å². The molecule has 0 aliphatic carbocycles. The molecule has 0 aromatic heterocycles. The van der Waals surface area contributed by atoms with E-state index in [0.29, 0.717) is 5.25 Å². The van der Waals surface area contributed by atoms with E-state index in [-0.39, 0.29) is 12.0 Å². The van der Waals surface area contributed by atoms with Gasteiger partial charge in [-0.2, -0.15) is 0 Å². The van der Waals surface area contributed by atoms with Crippen molar-refractivity contribution in [1.29, 1.82) is 0 Å². The first-order valence-electron chi connectivity index (χ1n) is 4.37. The molecule has 0 amide bonds. The summed E-state index contributed by atoms with van der Waals surface area (Å²) in [5.74, 6) is 0.136. The Labute approximate surface area is 84.9 Å². The SMILES string of the molecule is CC[C@@H](O)[C@H](C)C(=S)SC(C)C. The summed E-state index contributed by atoms with van der Waals surface area (Å²) < 4.78 is 0.930. The van der Waals surface area contributed by atoms with Gasteiger partial charge in [0.1, 0.15) is 0 Å². The zero-order chi connectivity index (χ0) is 9.72. The molecule has 0 saturated heterocycles. The second kappa shape index (κ2) is 5.95. The maximum atomic E-state index is 9.51. The molecule has 0 aromatic rings. The Morgan fingerprint density at radius 1 is 1.42 bits per heavy atom. The number of aliphatic hydroxyl groups excluding tert-OH is 1. The predicted octanol–water partition coefficient (Wildman–Crippen LogP) is 2.86. The smallest absolute Gasteiger partial charge is 0.0616 e. The molecule has 3 heteroatoms. The first kappa shape index (κ1) is 12.4. The molecule has 0 unspecified atom stereocenters. The molecular weight excluding hydrogens is 188 g/mol. The van der Waals surface area contributed by atoms with Gasteiger partial charge < -0.3 is 5.11 Å². The lowest BCUT2D eigenvalue weighted by Crippen LogP contribution is -2.22. The van der Waals surface area contributed by atoms with Gasteiger partial charge in [-0.05, 0) is 6.42 Å². The fourth-order valence-corrected chi connectivity index (χ4v) is 2.42. The second-order valence-corrected chi connectivity index (χ2v) is 5.57. The summed E-state index contributed by atoms with van der Waals surface area (Å²) in [6, 6.07) is 0. The van der Waals surface area contributed by atoms with E-state index < -0.39 is 0 Å². The lowest BCUT2D eigenvalue weighted by Gasteiger charge is -2.18. The van der Waals surface area contributed by atoms with E-state index in [0.717, 1.165) is 10.6 Å². The van der Waals surface area contributed by atoms with Crippen LogP contribution in [0.5, 0.6) is 0 Å². The minimum Gasteiger partial charge on any atom is -0.392 e. The molecule has 0 spiro atoms. The molecule has 2 atom stereocenters. The maximum Gasteiger partial charge on any atom is 0.0616 e. The minimum atomic E-state index is -0.274. The monoisotopic (exact) mass is 206 g/mol. The number of hydrogen-bond acceptors (Lipinski definition) is 3. The van der Waals surface area contributed by atoms with Gasteiger partial charge in [-0.3, -0.25) is 0 Å². The summed E-state index contributed by atoms with van der Waals surface area (Å²) in [5.41, 5.74) is 0. The van der Waals surface area contributed by atoms with Crippen molar-refractivity contribution in [3.63, 3.8) is 0 Å². The highest BCUT2D eigenvalue weighted by atomic mass is 32.2. The van der Waals surface area contributed by atoms with Gasteiger partial charge in [-0.1, -0.05) is 39.9 Å². The molecule has 0 aliphatic heterocycles. The zero-order valence-corrected chi connectivity index (χ0v) is 9.84. The summed E-state index contributed by atoms with van der Waals surface area (Å²) >= 11 is 6.88. The average Bonchev–Trinajstić information content (AvgIpc) is 2.00. The molecule has 0 aliphatic rings. The van der Waals surface area contributed by atoms with Gasteiger partial charge in [-0.15, -0.1) is 11.8 Å². The van der Waals surface area contributed by atoms with Crippen molar-refractivity contribution >= 4 is 28.2 Å². The molecule has 1 nitrogen and oxygen atoms in total. The Balaban J connectivity index is 3.92. The van der Waals surface area contributed by atoms with Gasteiger partial charge in [0.2, 0.25) is 0 Å². The van der Waals surface area contributed by atoms with E-state index in [2.05, 4.69) is 13.8 Å². The Hall–Kier alpha value is 0.400. The van der Waals surface area contributed by atoms with E-state index in [4.69, 9.17) is 12.2 Å². The Morgan fingerprint density at radius 3 is 2.25 bits per heavy atom. The van der Waals surface area contributed by atoms with Gasteiger partial charge in [-0.25, -0.2) is 0 Å². The van der Waals surface area contributed by atoms with Crippen molar-refractivity contribution in [2.45, 2.75) is 45.5 Å². The van der Waals surface area contributed by atoms with Gasteiger partial charge in [0.15, 0.2) is 0 Å². The Kier molecular flexibility index (Phi) is 6.14. The molecule has 0 heterocycles. The van der Waals surface area contributed by atoms with E-state index in [1.807, 2.05) is 13.8 Å². The van der Waals surface area contributed by atoms with Crippen LogP contribution < -0.4 is 0 Å². The van der Waals surface area contributed by atoms with Crippen LogP contribution in [0.1, 0.15) is 34.1 Å². The van der Waals surface area contributed by atoms with Crippen molar-refractivity contribution in [1.82, 2.24) is 0 Å². The van der Waals surface area contributed by atoms with Crippen molar-refractivity contribution in [2.24, 2.45) is 5.92 Å². The Bertz CT molecular complexity index is 145. The average molecular weight is 206 g/mol. The first-order chi connectivity index (χ1) is 5.49. The minimum absolute atomic E-state index is 0.136. The van der Waals surface area contributed by atoms with Crippen LogP contribution >= 0.6 is 24.0 Å². The van der Waals surface area contributed by atoms with Crippen LogP contribution in [0.25, 0.3) is 0 Å². The topological polar surface area (TPSA) is 20.2 Å². The van der Waals surface area contributed by atoms with Crippen LogP contribution in [0.4, 0.5) is 0 Å². The molecule has 72 valence electrons. The highest BCUT2D eigenvalue weighted by Crippen LogP contribution is 2.21. The molecule has 0 bridgehead atoms. The quantitative estimate of drug-likeness (QED) is 0.714. The highest BCUT2D eigenvalue weighted by molar-refractivity contribution is 8.23. The van der Waals surface area contributed by atoms with Crippen LogP contribution in [0.15, 0.2) is 0 Å². The summed E-state index contributed by atoms with van der Waals surface area (Å²) in [6.07, 6.45) is 0.503. The van der Waals surface area contributed by atoms with Crippen molar-refractivity contribution < 1.29 is 5.11 Å². The lowest BCUT2D eigenvalue weighted by molar-refractivity contribution is 0.143. The Morgan fingerprint density at radius 2 is 1.92 bits per heavy atom. The van der Waals surface area contributed by atoms with Crippen LogP contribution in [0.2, 0.25) is 0 Å². The molecular formula is C9H18OS2. The van der Waals surface area contributed by atoms with E-state index in [9.17, 15) is 5.11 Å². The molecule has 0 saturated carbocycles. The highest BCUT2D eigenvalue weighted by Gasteiger charge is 2.17. The molecule has 0 radical (unpaired) electrons. The fourth-order valence-electron chi connectivity index (χ4n) is 0.850. The number of rotatable bonds is 4. The summed E-state index contributed by atoms with van der Waals surface area (Å²) in [5, 5.41) is 10.0. The summed E-state index contributed by atoms with van der Waals surface area (Å²) in [4.78, 5) is 0. The summed E-state index contributed by atoms with van der Waals surface area (Å²) in [6.45, 7) is 8.19. The van der Waals surface area contributed by atoms with E-state index >= 15 is 0 Å². The van der Waals surface area contributed by atoms with Crippen molar-refractivity contribution in [3.8, 4) is 0 Å². The third kappa shape index (κ3) is 4.43. The van der Waals surface area contributed by atoms with Crippen LogP contribution in [-0.2, 0) is 0 Å². The standard InChI is InChI=1S/C9H18OS2/c1-5-8(10)7(4)9(11)12-6(2)3/h6-8,10H,5H2,1-4H3/t7-,8+/m0/s1. The first-order valence-corrected chi connectivity index (χ1v) is 5.66. The van der Waals surface area contributed by atoms with Crippen molar-refractivity contribution in [2.75, 3.05) is 0 Å². The molecule has 0 rings (SSSR count). The summed E-state index contributed by atoms with van der Waals surface area (Å²) in [7, 11) is 0. The predicted molar refractivity (Wildman–Crippen MR) is 60.8 cm³/mol. The van der Waals surface area contributed by atoms with E-state index in [1.165, 1.54) is 0 Å². The van der Waals surface area contributed by atoms with Crippen molar-refractivity contribution in [3.05, 3.63) is 0 Å². The normalized spacial score (nSPS) is 16.2. The fraction of sp³-hybridized carbons (Fsp3) is 0.889. The van der Waals surface area contributed by atoms with Gasteiger partial charge in [0.25, 0.3) is 0 Å². The largest absolute Gasteiger partial charge is 0.392 e. The lowest BCUT2D eigenvalue weighted by atomic mass is 10.1. The third-order valence-electron chi connectivity index (χ3n) is 1.72. The molecule has 0 fully saturated rings. The molecule has 0 aromatic carbocycles. The molecule has 12 heavy (non-hydrogen) atoms. The second-order valence-electron chi connectivity index (χ2n) is 3.25. The van der Waals surface area contributed by atoms with E-state index in [1.54, 1.807) is 11.8 Å². The van der Waals surface area contributed by atoms with Gasteiger partial charge in [0.05, 0.1) is 10.3 Å². The maximum absolute atomic E-state index is 9.51.